The van der Waals surface area contributed by atoms with Crippen molar-refractivity contribution in [2.45, 2.75) is 31.4 Å². The molecule has 0 bridgehead atoms. The summed E-state index contributed by atoms with van der Waals surface area (Å²) < 4.78 is 11.0. The highest BCUT2D eigenvalue weighted by Crippen LogP contribution is 2.21. The molecule has 2 atom stereocenters. The molecule has 0 aliphatic heterocycles. The highest BCUT2D eigenvalue weighted by atomic mass is 16.6. The van der Waals surface area contributed by atoms with Crippen molar-refractivity contribution in [2.24, 2.45) is 0 Å². The van der Waals surface area contributed by atoms with Gasteiger partial charge in [0.2, 0.25) is 6.04 Å². The fraction of sp³-hybridized carbons (Fsp3) is 0.391. The number of benzene rings is 2. The monoisotopic (exact) mass is 415 g/mol. The number of aliphatic hydroxyl groups excluding tert-OH is 2. The summed E-state index contributed by atoms with van der Waals surface area (Å²) in [4.78, 5) is 11.0. The Kier molecular flexibility index (Phi) is 10.6. The summed E-state index contributed by atoms with van der Waals surface area (Å²) in [5.74, 6) is 0.688. The van der Waals surface area contributed by atoms with Gasteiger partial charge in [0.05, 0.1) is 19.8 Å². The zero-order chi connectivity index (χ0) is 21.6. The number of nitrogens with zero attached hydrogens (tertiary/aromatic N) is 1. The van der Waals surface area contributed by atoms with Crippen molar-refractivity contribution in [3.8, 4) is 5.75 Å². The van der Waals surface area contributed by atoms with Crippen molar-refractivity contribution in [3.05, 3.63) is 75.8 Å². The predicted molar refractivity (Wildman–Crippen MR) is 116 cm³/mol. The number of hydrogen-bond acceptors (Lipinski definition) is 6. The lowest BCUT2D eigenvalue weighted by atomic mass is 10.1. The average Bonchev–Trinajstić information content (AvgIpc) is 2.77. The highest BCUT2D eigenvalue weighted by molar-refractivity contribution is 5.72. The van der Waals surface area contributed by atoms with E-state index in [0.717, 1.165) is 11.1 Å². The van der Waals surface area contributed by atoms with E-state index in [2.05, 4.69) is 0 Å². The molecule has 7 heteroatoms. The van der Waals surface area contributed by atoms with Crippen LogP contribution in [0.15, 0.2) is 54.6 Å². The van der Waals surface area contributed by atoms with Crippen LogP contribution in [0.2, 0.25) is 0 Å². The summed E-state index contributed by atoms with van der Waals surface area (Å²) in [7, 11) is 0. The molecule has 2 aromatic carbocycles. The minimum Gasteiger partial charge on any atom is -0.493 e. The van der Waals surface area contributed by atoms with Gasteiger partial charge in [-0.3, -0.25) is 10.1 Å². The number of nitro groups is 1. The van der Waals surface area contributed by atoms with Crippen molar-refractivity contribution < 1.29 is 24.6 Å². The standard InChI is InChI=1S/C23H29NO6/c25-17-22(26)18-29-15-6-10-21(24(27)28)14-16-30-23-11-5-4-9-20(23)13-12-19-7-2-1-3-8-19/h1-5,7-9,11-13,21-22,25-26H,6,10,14-18H2. The van der Waals surface area contributed by atoms with Crippen LogP contribution in [-0.4, -0.2) is 53.7 Å². The molecular formula is C23H29NO6. The van der Waals surface area contributed by atoms with Gasteiger partial charge in [-0.15, -0.1) is 0 Å². The van der Waals surface area contributed by atoms with Gasteiger partial charge in [0, 0.05) is 29.9 Å². The molecule has 30 heavy (non-hydrogen) atoms. The summed E-state index contributed by atoms with van der Waals surface area (Å²) in [6.45, 7) is 0.203. The van der Waals surface area contributed by atoms with Crippen LogP contribution >= 0.6 is 0 Å². The van der Waals surface area contributed by atoms with Crippen molar-refractivity contribution in [1.29, 1.82) is 0 Å². The summed E-state index contributed by atoms with van der Waals surface area (Å²) >= 11 is 0. The Hall–Kier alpha value is -2.74. The first-order valence-corrected chi connectivity index (χ1v) is 10.0. The molecule has 0 radical (unpaired) electrons. The second kappa shape index (κ2) is 13.5. The fourth-order valence-electron chi connectivity index (χ4n) is 2.85. The van der Waals surface area contributed by atoms with E-state index < -0.39 is 12.1 Å². The molecular weight excluding hydrogens is 386 g/mol. The summed E-state index contributed by atoms with van der Waals surface area (Å²) in [6.07, 6.45) is 4.20. The Labute approximate surface area is 176 Å². The third kappa shape index (κ3) is 8.73. The Bertz CT molecular complexity index is 780. The van der Waals surface area contributed by atoms with Crippen LogP contribution < -0.4 is 4.74 Å². The maximum Gasteiger partial charge on any atom is 0.216 e. The van der Waals surface area contributed by atoms with E-state index in [1.165, 1.54) is 0 Å². The molecule has 2 aromatic rings. The SMILES string of the molecule is O=[N+]([O-])C(CCCOCC(O)CO)CCOc1ccccc1C=Cc1ccccc1. The van der Waals surface area contributed by atoms with Crippen molar-refractivity contribution in [3.63, 3.8) is 0 Å². The molecule has 0 saturated carbocycles. The van der Waals surface area contributed by atoms with E-state index in [4.69, 9.17) is 14.6 Å². The van der Waals surface area contributed by atoms with Crippen LogP contribution in [0.5, 0.6) is 5.75 Å². The van der Waals surface area contributed by atoms with Crippen LogP contribution in [0.1, 0.15) is 30.4 Å². The van der Waals surface area contributed by atoms with Crippen LogP contribution in [0, 0.1) is 10.1 Å². The maximum atomic E-state index is 11.3. The minimum absolute atomic E-state index is 0.0238. The summed E-state index contributed by atoms with van der Waals surface area (Å²) in [5, 5.41) is 29.2. The number of para-hydroxylation sites is 1. The maximum absolute atomic E-state index is 11.3. The Morgan fingerprint density at radius 1 is 1.00 bits per heavy atom. The van der Waals surface area contributed by atoms with E-state index in [1.54, 1.807) is 0 Å². The molecule has 2 rings (SSSR count). The molecule has 7 nitrogen and oxygen atoms in total. The molecule has 2 N–H and O–H groups in total. The van der Waals surface area contributed by atoms with Crippen LogP contribution in [-0.2, 0) is 4.74 Å². The molecule has 0 heterocycles. The largest absolute Gasteiger partial charge is 0.493 e. The number of hydrogen-bond donors (Lipinski definition) is 2. The summed E-state index contributed by atoms with van der Waals surface area (Å²) in [6, 6.07) is 16.8. The molecule has 162 valence electrons. The van der Waals surface area contributed by atoms with Crippen molar-refractivity contribution in [1.82, 2.24) is 0 Å². The number of ether oxygens (including phenoxy) is 2. The molecule has 0 saturated heterocycles. The molecule has 0 fully saturated rings. The van der Waals surface area contributed by atoms with Gasteiger partial charge in [-0.25, -0.2) is 0 Å². The van der Waals surface area contributed by atoms with E-state index in [1.807, 2.05) is 66.7 Å². The van der Waals surface area contributed by atoms with E-state index in [-0.39, 0.29) is 24.7 Å². The first-order valence-electron chi connectivity index (χ1n) is 10.0. The van der Waals surface area contributed by atoms with Crippen LogP contribution in [0.4, 0.5) is 0 Å². The zero-order valence-electron chi connectivity index (χ0n) is 16.9. The topological polar surface area (TPSA) is 102 Å². The normalized spacial score (nSPS) is 13.3. The fourth-order valence-corrected chi connectivity index (χ4v) is 2.85. The van der Waals surface area contributed by atoms with E-state index >= 15 is 0 Å². The Morgan fingerprint density at radius 2 is 1.73 bits per heavy atom. The van der Waals surface area contributed by atoms with E-state index in [9.17, 15) is 15.2 Å². The first-order chi connectivity index (χ1) is 14.6. The first kappa shape index (κ1) is 23.5. The summed E-state index contributed by atoms with van der Waals surface area (Å²) in [5.41, 5.74) is 1.99. The van der Waals surface area contributed by atoms with Gasteiger partial charge in [-0.05, 0) is 18.1 Å². The second-order valence-electron chi connectivity index (χ2n) is 6.91. The molecule has 0 spiro atoms. The van der Waals surface area contributed by atoms with Crippen molar-refractivity contribution in [2.75, 3.05) is 26.4 Å². The number of aliphatic hydroxyl groups is 2. The van der Waals surface area contributed by atoms with Gasteiger partial charge < -0.3 is 19.7 Å². The Morgan fingerprint density at radius 3 is 2.47 bits per heavy atom. The third-order valence-corrected chi connectivity index (χ3v) is 4.53. The predicted octanol–water partition coefficient (Wildman–Crippen LogP) is 3.42. The minimum atomic E-state index is -0.916. The van der Waals surface area contributed by atoms with Crippen LogP contribution in [0.25, 0.3) is 12.2 Å². The van der Waals surface area contributed by atoms with Gasteiger partial charge in [-0.2, -0.15) is 0 Å². The molecule has 2 unspecified atom stereocenters. The van der Waals surface area contributed by atoms with Crippen LogP contribution in [0.3, 0.4) is 0 Å². The van der Waals surface area contributed by atoms with Gasteiger partial charge in [0.25, 0.3) is 0 Å². The molecule has 0 aromatic heterocycles. The average molecular weight is 415 g/mol. The lowest BCUT2D eigenvalue weighted by Crippen LogP contribution is -2.23. The van der Waals surface area contributed by atoms with Gasteiger partial charge in [0.15, 0.2) is 0 Å². The van der Waals surface area contributed by atoms with Gasteiger partial charge in [-0.1, -0.05) is 60.7 Å². The molecule has 0 aliphatic rings. The smallest absolute Gasteiger partial charge is 0.216 e. The lowest BCUT2D eigenvalue weighted by molar-refractivity contribution is -0.524. The lowest BCUT2D eigenvalue weighted by Gasteiger charge is -2.13. The van der Waals surface area contributed by atoms with Gasteiger partial charge >= 0.3 is 0 Å². The molecule has 0 amide bonds. The zero-order valence-corrected chi connectivity index (χ0v) is 16.9. The Balaban J connectivity index is 1.81. The van der Waals surface area contributed by atoms with Crippen molar-refractivity contribution >= 4 is 12.2 Å². The number of rotatable bonds is 14. The van der Waals surface area contributed by atoms with E-state index in [0.29, 0.717) is 31.6 Å². The molecule has 0 aliphatic carbocycles. The quantitative estimate of drug-likeness (QED) is 0.212. The third-order valence-electron chi connectivity index (χ3n) is 4.53. The second-order valence-corrected chi connectivity index (χ2v) is 6.91. The van der Waals surface area contributed by atoms with Gasteiger partial charge in [0.1, 0.15) is 11.9 Å². The highest BCUT2D eigenvalue weighted by Gasteiger charge is 2.20.